The predicted octanol–water partition coefficient (Wildman–Crippen LogP) is 4.92. The lowest BCUT2D eigenvalue weighted by Crippen LogP contribution is -2.41. The van der Waals surface area contributed by atoms with Gasteiger partial charge in [0.25, 0.3) is 0 Å². The minimum atomic E-state index is -0.395. The maximum Gasteiger partial charge on any atom is 0.200 e. The van der Waals surface area contributed by atoms with Crippen molar-refractivity contribution >= 4 is 11.6 Å². The summed E-state index contributed by atoms with van der Waals surface area (Å²) in [5, 5.41) is 10.7. The summed E-state index contributed by atoms with van der Waals surface area (Å²) in [5.41, 5.74) is 16.2. The number of nitriles is 1. The molecular formula is C28H27ClN4O3. The number of allylic oxidation sites excluding steroid dienone is 1. The topological polar surface area (TPSA) is 102 Å². The molecule has 1 saturated heterocycles. The summed E-state index contributed by atoms with van der Waals surface area (Å²) in [5.74, 6) is 0.929. The molecule has 0 bridgehead atoms. The summed E-state index contributed by atoms with van der Waals surface area (Å²) in [7, 11) is 0. The second-order valence-electron chi connectivity index (χ2n) is 8.71. The Balaban J connectivity index is 1.50. The van der Waals surface area contributed by atoms with Crippen molar-refractivity contribution in [2.75, 3.05) is 6.61 Å². The van der Waals surface area contributed by atoms with Crippen LogP contribution in [0.2, 0.25) is 5.02 Å². The molecule has 4 unspecified atom stereocenters. The Morgan fingerprint density at radius 2 is 1.75 bits per heavy atom. The van der Waals surface area contributed by atoms with Crippen molar-refractivity contribution in [1.29, 1.82) is 5.26 Å². The third-order valence-electron chi connectivity index (χ3n) is 6.54. The van der Waals surface area contributed by atoms with E-state index >= 15 is 0 Å². The second-order valence-corrected chi connectivity index (χ2v) is 9.15. The maximum absolute atomic E-state index is 10.1. The molecule has 0 saturated carbocycles. The van der Waals surface area contributed by atoms with Crippen molar-refractivity contribution in [3.63, 3.8) is 0 Å². The summed E-state index contributed by atoms with van der Waals surface area (Å²) >= 11 is 5.99. The average molecular weight is 503 g/mol. The van der Waals surface area contributed by atoms with E-state index in [1.54, 1.807) is 0 Å². The van der Waals surface area contributed by atoms with Crippen LogP contribution >= 0.6 is 11.6 Å². The van der Waals surface area contributed by atoms with E-state index in [2.05, 4.69) is 29.1 Å². The van der Waals surface area contributed by atoms with E-state index in [0.29, 0.717) is 35.3 Å². The van der Waals surface area contributed by atoms with E-state index in [-0.39, 0.29) is 23.8 Å². The maximum atomic E-state index is 10.1. The van der Waals surface area contributed by atoms with Gasteiger partial charge in [0, 0.05) is 16.9 Å². The van der Waals surface area contributed by atoms with Crippen LogP contribution in [-0.4, -0.2) is 12.8 Å². The number of ether oxygens (including phenoxy) is 3. The molecule has 4 atom stereocenters. The van der Waals surface area contributed by atoms with Crippen LogP contribution in [0.15, 0.2) is 84.3 Å². The summed E-state index contributed by atoms with van der Waals surface area (Å²) in [4.78, 5) is 0. The molecule has 36 heavy (non-hydrogen) atoms. The highest BCUT2D eigenvalue weighted by Crippen LogP contribution is 2.48. The zero-order valence-electron chi connectivity index (χ0n) is 19.8. The van der Waals surface area contributed by atoms with E-state index in [9.17, 15) is 5.26 Å². The smallest absolute Gasteiger partial charge is 0.200 e. The van der Waals surface area contributed by atoms with Crippen LogP contribution in [0.1, 0.15) is 35.6 Å². The van der Waals surface area contributed by atoms with Crippen molar-refractivity contribution in [1.82, 2.24) is 10.9 Å². The lowest BCUT2D eigenvalue weighted by molar-refractivity contribution is 0.0340. The lowest BCUT2D eigenvalue weighted by Gasteiger charge is -2.36. The summed E-state index contributed by atoms with van der Waals surface area (Å²) in [6, 6.07) is 25.6. The van der Waals surface area contributed by atoms with Crippen LogP contribution in [-0.2, 0) is 11.3 Å². The molecule has 1 fully saturated rings. The van der Waals surface area contributed by atoms with Crippen LogP contribution in [0, 0.1) is 17.2 Å². The van der Waals surface area contributed by atoms with Crippen molar-refractivity contribution < 1.29 is 14.2 Å². The van der Waals surface area contributed by atoms with E-state index in [4.69, 9.17) is 31.5 Å². The van der Waals surface area contributed by atoms with E-state index in [1.165, 1.54) is 0 Å². The molecule has 2 aliphatic heterocycles. The Bertz CT molecular complexity index is 1290. The van der Waals surface area contributed by atoms with Crippen molar-refractivity contribution in [2.24, 2.45) is 11.7 Å². The number of fused-ring (bicyclic) bond motifs is 1. The fraction of sp³-hybridized carbons (Fsp3) is 0.250. The Kier molecular flexibility index (Phi) is 7.01. The first-order chi connectivity index (χ1) is 17.6. The fourth-order valence-electron chi connectivity index (χ4n) is 4.89. The van der Waals surface area contributed by atoms with Crippen LogP contribution in [0.25, 0.3) is 0 Å². The van der Waals surface area contributed by atoms with Crippen molar-refractivity contribution in [2.45, 2.75) is 31.7 Å². The molecule has 5 rings (SSSR count). The van der Waals surface area contributed by atoms with Gasteiger partial charge in [-0.2, -0.15) is 5.26 Å². The molecule has 0 amide bonds. The molecule has 184 valence electrons. The number of hydrogen-bond acceptors (Lipinski definition) is 7. The lowest BCUT2D eigenvalue weighted by atomic mass is 9.74. The predicted molar refractivity (Wildman–Crippen MR) is 137 cm³/mol. The van der Waals surface area contributed by atoms with E-state index < -0.39 is 6.23 Å². The first kappa shape index (κ1) is 24.0. The molecule has 4 N–H and O–H groups in total. The van der Waals surface area contributed by atoms with E-state index in [0.717, 1.165) is 16.7 Å². The minimum absolute atomic E-state index is 0.0889. The first-order valence-corrected chi connectivity index (χ1v) is 12.2. The molecule has 8 heteroatoms. The van der Waals surface area contributed by atoms with Crippen LogP contribution < -0.4 is 26.1 Å². The number of nitrogens with zero attached hydrogens (tertiary/aromatic N) is 1. The monoisotopic (exact) mass is 502 g/mol. The zero-order valence-corrected chi connectivity index (χ0v) is 20.5. The SMILES string of the molecule is CCOc1cc(C2C(C#N)=C(N)OC3NNC(c4ccccc4)C32)ccc1OCc1ccc(Cl)cc1. The Labute approximate surface area is 215 Å². The van der Waals surface area contributed by atoms with Crippen molar-refractivity contribution in [3.8, 4) is 17.6 Å². The summed E-state index contributed by atoms with van der Waals surface area (Å²) in [6.07, 6.45) is -0.395. The number of rotatable bonds is 7. The van der Waals surface area contributed by atoms with Crippen LogP contribution in [0.4, 0.5) is 0 Å². The molecule has 0 radical (unpaired) electrons. The van der Waals surface area contributed by atoms with Gasteiger partial charge in [0.2, 0.25) is 5.88 Å². The molecule has 0 spiro atoms. The number of hydrogen-bond donors (Lipinski definition) is 3. The molecule has 7 nitrogen and oxygen atoms in total. The third kappa shape index (κ3) is 4.71. The van der Waals surface area contributed by atoms with Gasteiger partial charge in [-0.3, -0.25) is 0 Å². The van der Waals surface area contributed by atoms with Gasteiger partial charge in [-0.05, 0) is 47.9 Å². The number of benzene rings is 3. The highest BCUT2D eigenvalue weighted by Gasteiger charge is 2.49. The third-order valence-corrected chi connectivity index (χ3v) is 6.80. The molecule has 3 aromatic carbocycles. The number of nitrogens with two attached hydrogens (primary N) is 1. The highest BCUT2D eigenvalue weighted by molar-refractivity contribution is 6.30. The quantitative estimate of drug-likeness (QED) is 0.421. The number of halogens is 1. The largest absolute Gasteiger partial charge is 0.490 e. The second kappa shape index (κ2) is 10.5. The van der Waals surface area contributed by atoms with Gasteiger partial charge in [0.1, 0.15) is 12.7 Å². The Morgan fingerprint density at radius 3 is 2.47 bits per heavy atom. The van der Waals surface area contributed by atoms with Crippen LogP contribution in [0.3, 0.4) is 0 Å². The normalized spacial score (nSPS) is 22.9. The highest BCUT2D eigenvalue weighted by atomic mass is 35.5. The average Bonchev–Trinajstić information content (AvgIpc) is 3.32. The molecule has 3 aromatic rings. The first-order valence-electron chi connectivity index (χ1n) is 11.9. The zero-order chi connectivity index (χ0) is 25.1. The van der Waals surface area contributed by atoms with Crippen molar-refractivity contribution in [3.05, 3.63) is 106 Å². The van der Waals surface area contributed by atoms with Gasteiger partial charge in [-0.15, -0.1) is 0 Å². The molecular weight excluding hydrogens is 476 g/mol. The number of hydrazine groups is 1. The van der Waals surface area contributed by atoms with Crippen LogP contribution in [0.5, 0.6) is 11.5 Å². The van der Waals surface area contributed by atoms with Gasteiger partial charge in [0.05, 0.1) is 18.2 Å². The van der Waals surface area contributed by atoms with E-state index in [1.807, 2.05) is 67.6 Å². The molecule has 2 heterocycles. The summed E-state index contributed by atoms with van der Waals surface area (Å²) < 4.78 is 18.0. The standard InChI is InChI=1S/C28H27ClN4O3/c1-2-34-23-14-19(10-13-22(23)35-16-17-8-11-20(29)12-9-17)24-21(15-30)27(31)36-28-25(24)26(32-33-28)18-6-4-3-5-7-18/h3-14,24-26,28,32-33H,2,16,31H2,1H3. The number of nitrogens with one attached hydrogen (secondary N) is 2. The molecule has 2 aliphatic rings. The van der Waals surface area contributed by atoms with Gasteiger partial charge in [-0.1, -0.05) is 60.1 Å². The van der Waals surface area contributed by atoms with Gasteiger partial charge in [-0.25, -0.2) is 10.9 Å². The fourth-order valence-corrected chi connectivity index (χ4v) is 5.01. The Morgan fingerprint density at radius 1 is 0.972 bits per heavy atom. The van der Waals surface area contributed by atoms with Gasteiger partial charge < -0.3 is 19.9 Å². The van der Waals surface area contributed by atoms with Gasteiger partial charge >= 0.3 is 0 Å². The summed E-state index contributed by atoms with van der Waals surface area (Å²) in [6.45, 7) is 2.77. The molecule has 0 aromatic heterocycles. The molecule has 0 aliphatic carbocycles. The Hall–Kier alpha value is -3.70. The minimum Gasteiger partial charge on any atom is -0.490 e. The van der Waals surface area contributed by atoms with Gasteiger partial charge in [0.15, 0.2) is 17.7 Å².